The van der Waals surface area contributed by atoms with Gasteiger partial charge in [0.2, 0.25) is 12.7 Å². The molecule has 2 aliphatic rings. The SMILES string of the molecule is COc1ccc(CC(=O)N2CCSC(c3ccc4c(c3)OCO4)CC2)cc1C. The molecule has 1 unspecified atom stereocenters. The number of thioether (sulfide) groups is 1. The van der Waals surface area contributed by atoms with Gasteiger partial charge in [-0.05, 0) is 48.2 Å². The number of amides is 1. The van der Waals surface area contributed by atoms with E-state index in [1.54, 1.807) is 7.11 Å². The predicted molar refractivity (Wildman–Crippen MR) is 110 cm³/mol. The van der Waals surface area contributed by atoms with Gasteiger partial charge in [0.05, 0.1) is 13.5 Å². The summed E-state index contributed by atoms with van der Waals surface area (Å²) < 4.78 is 16.2. The summed E-state index contributed by atoms with van der Waals surface area (Å²) in [6, 6.07) is 12.1. The Morgan fingerprint density at radius 1 is 1.18 bits per heavy atom. The van der Waals surface area contributed by atoms with Crippen LogP contribution in [0.25, 0.3) is 0 Å². The van der Waals surface area contributed by atoms with Gasteiger partial charge >= 0.3 is 0 Å². The molecule has 0 radical (unpaired) electrons. The Morgan fingerprint density at radius 2 is 2.04 bits per heavy atom. The first-order valence-electron chi connectivity index (χ1n) is 9.56. The van der Waals surface area contributed by atoms with E-state index in [-0.39, 0.29) is 5.91 Å². The van der Waals surface area contributed by atoms with Crippen molar-refractivity contribution in [2.24, 2.45) is 0 Å². The molecule has 0 N–H and O–H groups in total. The van der Waals surface area contributed by atoms with Crippen molar-refractivity contribution in [1.29, 1.82) is 0 Å². The number of rotatable bonds is 4. The topological polar surface area (TPSA) is 48.0 Å². The fraction of sp³-hybridized carbons (Fsp3) is 0.409. The van der Waals surface area contributed by atoms with Crippen LogP contribution in [-0.2, 0) is 11.2 Å². The van der Waals surface area contributed by atoms with Gasteiger partial charge in [0, 0.05) is 24.1 Å². The largest absolute Gasteiger partial charge is 0.496 e. The Bertz CT molecular complexity index is 870. The molecule has 0 aromatic heterocycles. The van der Waals surface area contributed by atoms with Crippen LogP contribution in [0.3, 0.4) is 0 Å². The Balaban J connectivity index is 1.38. The Hall–Kier alpha value is -2.34. The van der Waals surface area contributed by atoms with Crippen LogP contribution in [0.5, 0.6) is 17.2 Å². The zero-order valence-electron chi connectivity index (χ0n) is 16.3. The second-order valence-corrected chi connectivity index (χ2v) is 8.43. The molecule has 0 spiro atoms. The molecule has 5 nitrogen and oxygen atoms in total. The van der Waals surface area contributed by atoms with Crippen molar-refractivity contribution in [2.75, 3.05) is 32.7 Å². The molecule has 1 fully saturated rings. The van der Waals surface area contributed by atoms with E-state index in [0.717, 1.165) is 53.6 Å². The second kappa shape index (κ2) is 8.35. The maximum atomic E-state index is 12.8. The number of carbonyl (C=O) groups excluding carboxylic acids is 1. The third kappa shape index (κ3) is 4.07. The predicted octanol–water partition coefficient (Wildman–Crippen LogP) is 3.98. The summed E-state index contributed by atoms with van der Waals surface area (Å²) in [6.07, 6.45) is 1.38. The monoisotopic (exact) mass is 399 g/mol. The zero-order chi connectivity index (χ0) is 19.5. The van der Waals surface area contributed by atoms with Crippen LogP contribution in [0, 0.1) is 6.92 Å². The maximum absolute atomic E-state index is 12.8. The summed E-state index contributed by atoms with van der Waals surface area (Å²) in [4.78, 5) is 14.8. The van der Waals surface area contributed by atoms with Crippen LogP contribution in [0.2, 0.25) is 0 Å². The van der Waals surface area contributed by atoms with Crippen LogP contribution in [0.1, 0.15) is 28.4 Å². The first-order chi connectivity index (χ1) is 13.6. The number of ether oxygens (including phenoxy) is 3. The van der Waals surface area contributed by atoms with E-state index < -0.39 is 0 Å². The maximum Gasteiger partial charge on any atom is 0.231 e. The van der Waals surface area contributed by atoms with Crippen LogP contribution in [0.15, 0.2) is 36.4 Å². The minimum Gasteiger partial charge on any atom is -0.496 e. The van der Waals surface area contributed by atoms with Gasteiger partial charge in [-0.1, -0.05) is 18.2 Å². The van der Waals surface area contributed by atoms with Crippen molar-refractivity contribution in [2.45, 2.75) is 25.0 Å². The number of hydrogen-bond donors (Lipinski definition) is 0. The highest BCUT2D eigenvalue weighted by Gasteiger charge is 2.24. The number of hydrogen-bond acceptors (Lipinski definition) is 5. The van der Waals surface area contributed by atoms with E-state index in [2.05, 4.69) is 12.1 Å². The van der Waals surface area contributed by atoms with Crippen LogP contribution < -0.4 is 14.2 Å². The lowest BCUT2D eigenvalue weighted by Gasteiger charge is -2.21. The smallest absolute Gasteiger partial charge is 0.231 e. The van der Waals surface area contributed by atoms with Crippen molar-refractivity contribution in [3.05, 3.63) is 53.1 Å². The van der Waals surface area contributed by atoms with Gasteiger partial charge in [0.15, 0.2) is 11.5 Å². The summed E-state index contributed by atoms with van der Waals surface area (Å²) in [5.74, 6) is 3.62. The number of carbonyl (C=O) groups is 1. The molecular formula is C22H25NO4S. The molecule has 1 saturated heterocycles. The van der Waals surface area contributed by atoms with Crippen LogP contribution in [-0.4, -0.2) is 43.6 Å². The first kappa shape index (κ1) is 19.0. The van der Waals surface area contributed by atoms with Gasteiger partial charge in [-0.15, -0.1) is 0 Å². The van der Waals surface area contributed by atoms with E-state index in [4.69, 9.17) is 14.2 Å². The van der Waals surface area contributed by atoms with Crippen LogP contribution >= 0.6 is 11.8 Å². The molecule has 148 valence electrons. The average molecular weight is 400 g/mol. The molecule has 0 bridgehead atoms. The molecule has 1 amide bonds. The summed E-state index contributed by atoms with van der Waals surface area (Å²) >= 11 is 1.91. The normalized spacial score (nSPS) is 18.6. The Labute approximate surface area is 170 Å². The van der Waals surface area contributed by atoms with Gasteiger partial charge in [-0.25, -0.2) is 0 Å². The van der Waals surface area contributed by atoms with Crippen molar-refractivity contribution in [1.82, 2.24) is 4.90 Å². The molecular weight excluding hydrogens is 374 g/mol. The summed E-state index contributed by atoms with van der Waals surface area (Å²) in [5, 5.41) is 0.371. The number of nitrogens with zero attached hydrogens (tertiary/aromatic N) is 1. The molecule has 2 aromatic rings. The van der Waals surface area contributed by atoms with E-state index in [1.165, 1.54) is 5.56 Å². The number of methoxy groups -OCH3 is 1. The first-order valence-corrected chi connectivity index (χ1v) is 10.6. The van der Waals surface area contributed by atoms with Gasteiger partial charge in [0.1, 0.15) is 5.75 Å². The van der Waals surface area contributed by atoms with Crippen molar-refractivity contribution >= 4 is 17.7 Å². The zero-order valence-corrected chi connectivity index (χ0v) is 17.1. The van der Waals surface area contributed by atoms with E-state index in [1.807, 2.05) is 47.9 Å². The Morgan fingerprint density at radius 3 is 2.86 bits per heavy atom. The molecule has 0 aliphatic carbocycles. The van der Waals surface area contributed by atoms with Crippen molar-refractivity contribution in [3.8, 4) is 17.2 Å². The molecule has 1 atom stereocenters. The fourth-order valence-electron chi connectivity index (χ4n) is 3.74. The molecule has 4 rings (SSSR count). The third-order valence-corrected chi connectivity index (χ3v) is 6.61. The molecule has 2 heterocycles. The van der Waals surface area contributed by atoms with Gasteiger partial charge in [0.25, 0.3) is 0 Å². The Kier molecular flexibility index (Phi) is 5.67. The van der Waals surface area contributed by atoms with Gasteiger partial charge in [-0.3, -0.25) is 4.79 Å². The fourth-order valence-corrected chi connectivity index (χ4v) is 4.96. The molecule has 0 saturated carbocycles. The highest BCUT2D eigenvalue weighted by Crippen LogP contribution is 2.40. The minimum absolute atomic E-state index is 0.191. The number of benzene rings is 2. The number of fused-ring (bicyclic) bond motifs is 1. The lowest BCUT2D eigenvalue weighted by Crippen LogP contribution is -2.34. The average Bonchev–Trinajstić information content (AvgIpc) is 3.02. The van der Waals surface area contributed by atoms with Crippen molar-refractivity contribution in [3.63, 3.8) is 0 Å². The second-order valence-electron chi connectivity index (χ2n) is 7.12. The quantitative estimate of drug-likeness (QED) is 0.778. The van der Waals surface area contributed by atoms with Crippen LogP contribution in [0.4, 0.5) is 0 Å². The standard InChI is InChI=1S/C22H25NO4S/c1-15-11-16(3-5-18(15)25-2)12-22(24)23-8-7-21(28-10-9-23)17-4-6-19-20(13-17)27-14-26-19/h3-6,11,13,21H,7-10,12,14H2,1-2H3. The van der Waals surface area contributed by atoms with E-state index in [0.29, 0.717) is 18.5 Å². The molecule has 6 heteroatoms. The highest BCUT2D eigenvalue weighted by molar-refractivity contribution is 7.99. The summed E-state index contributed by atoms with van der Waals surface area (Å²) in [5.41, 5.74) is 3.34. The molecule has 2 aliphatic heterocycles. The molecule has 2 aromatic carbocycles. The summed E-state index contributed by atoms with van der Waals surface area (Å²) in [7, 11) is 1.67. The lowest BCUT2D eigenvalue weighted by molar-refractivity contribution is -0.130. The van der Waals surface area contributed by atoms with Gasteiger partial charge in [-0.2, -0.15) is 11.8 Å². The molecule has 28 heavy (non-hydrogen) atoms. The van der Waals surface area contributed by atoms with E-state index in [9.17, 15) is 4.79 Å². The number of aryl methyl sites for hydroxylation is 1. The van der Waals surface area contributed by atoms with E-state index >= 15 is 0 Å². The highest BCUT2D eigenvalue weighted by atomic mass is 32.2. The third-order valence-electron chi connectivity index (χ3n) is 5.28. The lowest BCUT2D eigenvalue weighted by atomic mass is 10.1. The minimum atomic E-state index is 0.191. The van der Waals surface area contributed by atoms with Gasteiger partial charge < -0.3 is 19.1 Å². The summed E-state index contributed by atoms with van der Waals surface area (Å²) in [6.45, 7) is 3.87. The van der Waals surface area contributed by atoms with Crippen molar-refractivity contribution < 1.29 is 19.0 Å².